The van der Waals surface area contributed by atoms with Crippen molar-refractivity contribution in [3.05, 3.63) is 33.8 Å². The van der Waals surface area contributed by atoms with Gasteiger partial charge in [-0.1, -0.05) is 49.0 Å². The van der Waals surface area contributed by atoms with E-state index in [1.54, 1.807) is 18.2 Å². The van der Waals surface area contributed by atoms with Crippen LogP contribution in [-0.2, 0) is 11.2 Å². The Bertz CT molecular complexity index is 380. The van der Waals surface area contributed by atoms with E-state index in [4.69, 9.17) is 23.2 Å². The van der Waals surface area contributed by atoms with Crippen LogP contribution in [0.5, 0.6) is 0 Å². The van der Waals surface area contributed by atoms with E-state index in [9.17, 15) is 4.79 Å². The molecule has 0 heterocycles. The number of hydrogen-bond donors (Lipinski definition) is 1. The average Bonchev–Trinajstić information content (AvgIpc) is 2.28. The van der Waals surface area contributed by atoms with Gasteiger partial charge in [-0.25, -0.2) is 0 Å². The summed E-state index contributed by atoms with van der Waals surface area (Å²) in [5.74, 6) is 0.00493. The number of carbonyl (C=O) groups excluding carboxylic acids is 1. The van der Waals surface area contributed by atoms with Crippen LogP contribution in [0.4, 0.5) is 0 Å². The van der Waals surface area contributed by atoms with Crippen LogP contribution >= 0.6 is 23.2 Å². The van der Waals surface area contributed by atoms with Gasteiger partial charge in [-0.05, 0) is 24.1 Å². The lowest BCUT2D eigenvalue weighted by Crippen LogP contribution is -2.26. The van der Waals surface area contributed by atoms with Gasteiger partial charge in [-0.3, -0.25) is 4.79 Å². The lowest BCUT2D eigenvalue weighted by molar-refractivity contribution is -0.120. The molecular formula is C13H17Cl2NO. The summed E-state index contributed by atoms with van der Waals surface area (Å²) >= 11 is 11.8. The van der Waals surface area contributed by atoms with E-state index in [1.165, 1.54) is 0 Å². The van der Waals surface area contributed by atoms with Crippen molar-refractivity contribution in [2.45, 2.75) is 32.6 Å². The Morgan fingerprint density at radius 3 is 2.71 bits per heavy atom. The zero-order valence-corrected chi connectivity index (χ0v) is 11.4. The maximum absolute atomic E-state index is 11.6. The fraction of sp³-hybridized carbons (Fsp3) is 0.462. The van der Waals surface area contributed by atoms with Crippen molar-refractivity contribution in [1.82, 2.24) is 5.32 Å². The normalized spacial score (nSPS) is 10.3. The SMILES string of the molecule is CCCCCNC(=O)Cc1ccc(Cl)cc1Cl. The van der Waals surface area contributed by atoms with Gasteiger partial charge in [-0.2, -0.15) is 0 Å². The van der Waals surface area contributed by atoms with Crippen molar-refractivity contribution >= 4 is 29.1 Å². The first-order valence-electron chi connectivity index (χ1n) is 5.84. The van der Waals surface area contributed by atoms with E-state index in [0.29, 0.717) is 16.5 Å². The molecule has 1 amide bonds. The Morgan fingerprint density at radius 2 is 2.06 bits per heavy atom. The van der Waals surface area contributed by atoms with Crippen molar-refractivity contribution in [2.24, 2.45) is 0 Å². The molecule has 0 aliphatic heterocycles. The molecule has 0 aromatic heterocycles. The van der Waals surface area contributed by atoms with Gasteiger partial charge in [0.15, 0.2) is 0 Å². The van der Waals surface area contributed by atoms with Crippen molar-refractivity contribution in [1.29, 1.82) is 0 Å². The zero-order chi connectivity index (χ0) is 12.7. The Hall–Kier alpha value is -0.730. The standard InChI is InChI=1S/C13H17Cl2NO/c1-2-3-4-7-16-13(17)8-10-5-6-11(14)9-12(10)15/h5-6,9H,2-4,7-8H2,1H3,(H,16,17). The van der Waals surface area contributed by atoms with Gasteiger partial charge < -0.3 is 5.32 Å². The third kappa shape index (κ3) is 5.42. The van der Waals surface area contributed by atoms with Crippen LogP contribution in [0.25, 0.3) is 0 Å². The molecule has 17 heavy (non-hydrogen) atoms. The first kappa shape index (κ1) is 14.3. The topological polar surface area (TPSA) is 29.1 Å². The summed E-state index contributed by atoms with van der Waals surface area (Å²) in [5.41, 5.74) is 0.809. The van der Waals surface area contributed by atoms with Crippen molar-refractivity contribution in [3.63, 3.8) is 0 Å². The average molecular weight is 274 g/mol. The molecule has 0 spiro atoms. The quantitative estimate of drug-likeness (QED) is 0.784. The first-order chi connectivity index (χ1) is 8.13. The molecule has 0 unspecified atom stereocenters. The number of carbonyl (C=O) groups is 1. The maximum atomic E-state index is 11.6. The third-order valence-electron chi connectivity index (χ3n) is 2.47. The summed E-state index contributed by atoms with van der Waals surface area (Å²) in [6.07, 6.45) is 3.62. The molecule has 1 aromatic rings. The number of rotatable bonds is 6. The monoisotopic (exact) mass is 273 g/mol. The fourth-order valence-corrected chi connectivity index (χ4v) is 1.98. The van der Waals surface area contributed by atoms with Crippen molar-refractivity contribution in [2.75, 3.05) is 6.54 Å². The molecule has 0 fully saturated rings. The van der Waals surface area contributed by atoms with Crippen molar-refractivity contribution < 1.29 is 4.79 Å². The smallest absolute Gasteiger partial charge is 0.224 e. The predicted octanol–water partition coefficient (Wildman–Crippen LogP) is 3.84. The van der Waals surface area contributed by atoms with Crippen LogP contribution in [0.15, 0.2) is 18.2 Å². The van der Waals surface area contributed by atoms with Crippen LogP contribution in [0.3, 0.4) is 0 Å². The van der Waals surface area contributed by atoms with Gasteiger partial charge in [-0.15, -0.1) is 0 Å². The highest BCUT2D eigenvalue weighted by Gasteiger charge is 2.06. The molecule has 0 radical (unpaired) electrons. The molecule has 0 saturated carbocycles. The summed E-state index contributed by atoms with van der Waals surface area (Å²) in [7, 11) is 0. The second kappa shape index (κ2) is 7.57. The minimum Gasteiger partial charge on any atom is -0.356 e. The van der Waals surface area contributed by atoms with Gasteiger partial charge in [0.05, 0.1) is 6.42 Å². The minimum atomic E-state index is 0.00493. The summed E-state index contributed by atoms with van der Waals surface area (Å²) in [4.78, 5) is 11.6. The zero-order valence-electron chi connectivity index (χ0n) is 9.93. The highest BCUT2D eigenvalue weighted by molar-refractivity contribution is 6.35. The van der Waals surface area contributed by atoms with E-state index < -0.39 is 0 Å². The van der Waals surface area contributed by atoms with Crippen molar-refractivity contribution in [3.8, 4) is 0 Å². The van der Waals surface area contributed by atoms with Crippen LogP contribution in [0, 0.1) is 0 Å². The lowest BCUT2D eigenvalue weighted by atomic mass is 10.1. The number of hydrogen-bond acceptors (Lipinski definition) is 1. The van der Waals surface area contributed by atoms with Crippen LogP contribution in [-0.4, -0.2) is 12.5 Å². The number of amides is 1. The number of nitrogens with one attached hydrogen (secondary N) is 1. The third-order valence-corrected chi connectivity index (χ3v) is 3.06. The molecule has 0 aliphatic rings. The highest BCUT2D eigenvalue weighted by Crippen LogP contribution is 2.21. The number of unbranched alkanes of at least 4 members (excludes halogenated alkanes) is 2. The Morgan fingerprint density at radius 1 is 1.29 bits per heavy atom. The Kier molecular flexibility index (Phi) is 6.38. The summed E-state index contributed by atoms with van der Waals surface area (Å²) in [6, 6.07) is 5.19. The highest BCUT2D eigenvalue weighted by atomic mass is 35.5. The maximum Gasteiger partial charge on any atom is 0.224 e. The van der Waals surface area contributed by atoms with E-state index in [2.05, 4.69) is 12.2 Å². The number of benzene rings is 1. The molecule has 1 rings (SSSR count). The van der Waals surface area contributed by atoms with Crippen LogP contribution < -0.4 is 5.32 Å². The second-order valence-corrected chi connectivity index (χ2v) is 4.81. The van der Waals surface area contributed by atoms with Gasteiger partial charge >= 0.3 is 0 Å². The summed E-state index contributed by atoms with van der Waals surface area (Å²) < 4.78 is 0. The second-order valence-electron chi connectivity index (χ2n) is 3.97. The molecule has 2 nitrogen and oxygen atoms in total. The molecule has 0 atom stereocenters. The fourth-order valence-electron chi connectivity index (χ4n) is 1.50. The molecule has 0 saturated heterocycles. The largest absolute Gasteiger partial charge is 0.356 e. The first-order valence-corrected chi connectivity index (χ1v) is 6.59. The molecule has 1 aromatic carbocycles. The molecular weight excluding hydrogens is 257 g/mol. The van der Waals surface area contributed by atoms with Gasteiger partial charge in [0.1, 0.15) is 0 Å². The molecule has 94 valence electrons. The van der Waals surface area contributed by atoms with E-state index in [-0.39, 0.29) is 5.91 Å². The van der Waals surface area contributed by atoms with Crippen LogP contribution in [0.2, 0.25) is 10.0 Å². The minimum absolute atomic E-state index is 0.00493. The van der Waals surface area contributed by atoms with E-state index in [1.807, 2.05) is 0 Å². The van der Waals surface area contributed by atoms with Crippen LogP contribution in [0.1, 0.15) is 31.7 Å². The Labute approximate surface area is 112 Å². The summed E-state index contributed by atoms with van der Waals surface area (Å²) in [6.45, 7) is 2.87. The summed E-state index contributed by atoms with van der Waals surface area (Å²) in [5, 5.41) is 4.01. The van der Waals surface area contributed by atoms with Gasteiger partial charge in [0, 0.05) is 16.6 Å². The van der Waals surface area contributed by atoms with Gasteiger partial charge in [0.2, 0.25) is 5.91 Å². The predicted molar refractivity (Wildman–Crippen MR) is 72.7 cm³/mol. The molecule has 0 bridgehead atoms. The number of halogens is 2. The molecule has 4 heteroatoms. The lowest BCUT2D eigenvalue weighted by Gasteiger charge is -2.06. The van der Waals surface area contributed by atoms with E-state index >= 15 is 0 Å². The van der Waals surface area contributed by atoms with E-state index in [0.717, 1.165) is 31.4 Å². The molecule has 0 aliphatic carbocycles. The molecule has 1 N–H and O–H groups in total. The van der Waals surface area contributed by atoms with Gasteiger partial charge in [0.25, 0.3) is 0 Å². The Balaban J connectivity index is 2.40.